The molecule has 18 heavy (non-hydrogen) atoms. The van der Waals surface area contributed by atoms with Crippen molar-refractivity contribution in [2.45, 2.75) is 6.92 Å². The second-order valence-corrected chi connectivity index (χ2v) is 3.90. The molecule has 0 aliphatic carbocycles. The highest BCUT2D eigenvalue weighted by Gasteiger charge is 2.19. The molecule has 0 aliphatic heterocycles. The van der Waals surface area contributed by atoms with E-state index in [2.05, 4.69) is 10.2 Å². The van der Waals surface area contributed by atoms with Crippen LogP contribution in [0.25, 0.3) is 11.3 Å². The highest BCUT2D eigenvalue weighted by molar-refractivity contribution is 6.33. The predicted molar refractivity (Wildman–Crippen MR) is 67.2 cm³/mol. The lowest BCUT2D eigenvalue weighted by Gasteiger charge is -2.04. The normalized spacial score (nSPS) is 10.3. The van der Waals surface area contributed by atoms with Crippen LogP contribution in [-0.4, -0.2) is 27.9 Å². The second kappa shape index (κ2) is 5.10. The van der Waals surface area contributed by atoms with Gasteiger partial charge in [0.2, 0.25) is 0 Å². The number of ether oxygens (including phenoxy) is 1. The summed E-state index contributed by atoms with van der Waals surface area (Å²) in [7, 11) is 0. The van der Waals surface area contributed by atoms with E-state index in [4.69, 9.17) is 21.4 Å². The number of halogens is 1. The maximum atomic E-state index is 11.1. The lowest BCUT2D eigenvalue weighted by molar-refractivity contribution is 0.0698. The Hall–Kier alpha value is -2.01. The Morgan fingerprint density at radius 1 is 1.44 bits per heavy atom. The average molecular weight is 267 g/mol. The third-order valence-electron chi connectivity index (χ3n) is 2.37. The van der Waals surface area contributed by atoms with Crippen LogP contribution in [0.2, 0.25) is 5.15 Å². The molecule has 0 bridgehead atoms. The molecule has 5 nitrogen and oxygen atoms in total. The number of aromatic amines is 1. The number of benzene rings is 1. The van der Waals surface area contributed by atoms with Gasteiger partial charge in [0.15, 0.2) is 0 Å². The number of carbonyl (C=O) groups is 1. The fraction of sp³-hybridized carbons (Fsp3) is 0.167. The van der Waals surface area contributed by atoms with Crippen molar-refractivity contribution in [2.24, 2.45) is 0 Å². The molecule has 2 N–H and O–H groups in total. The molecular formula is C12H11ClN2O3. The smallest absolute Gasteiger partial charge is 0.341 e. The van der Waals surface area contributed by atoms with E-state index >= 15 is 0 Å². The van der Waals surface area contributed by atoms with E-state index in [-0.39, 0.29) is 10.7 Å². The van der Waals surface area contributed by atoms with Crippen molar-refractivity contribution in [3.63, 3.8) is 0 Å². The molecule has 0 atom stereocenters. The minimum Gasteiger partial charge on any atom is -0.494 e. The quantitative estimate of drug-likeness (QED) is 0.892. The van der Waals surface area contributed by atoms with E-state index in [1.807, 2.05) is 6.92 Å². The first-order valence-corrected chi connectivity index (χ1v) is 5.71. The van der Waals surface area contributed by atoms with Crippen LogP contribution in [0, 0.1) is 0 Å². The molecule has 94 valence electrons. The molecule has 1 heterocycles. The van der Waals surface area contributed by atoms with Crippen molar-refractivity contribution < 1.29 is 14.6 Å². The molecular weight excluding hydrogens is 256 g/mol. The van der Waals surface area contributed by atoms with Gasteiger partial charge < -0.3 is 9.84 Å². The number of rotatable bonds is 4. The number of nitrogens with zero attached hydrogens (tertiary/aromatic N) is 1. The van der Waals surface area contributed by atoms with Crippen LogP contribution in [0.5, 0.6) is 5.75 Å². The number of carboxylic acid groups (broad SMARTS) is 1. The fourth-order valence-electron chi connectivity index (χ4n) is 1.60. The zero-order valence-corrected chi connectivity index (χ0v) is 10.4. The van der Waals surface area contributed by atoms with Gasteiger partial charge in [0, 0.05) is 5.56 Å². The Morgan fingerprint density at radius 2 is 2.11 bits per heavy atom. The summed E-state index contributed by atoms with van der Waals surface area (Å²) >= 11 is 5.75. The first kappa shape index (κ1) is 12.4. The zero-order chi connectivity index (χ0) is 13.1. The summed E-state index contributed by atoms with van der Waals surface area (Å²) in [5.74, 6) is -0.391. The number of aromatic carboxylic acids is 1. The van der Waals surface area contributed by atoms with E-state index in [1.54, 1.807) is 24.3 Å². The molecule has 0 saturated heterocycles. The van der Waals surface area contributed by atoms with Crippen LogP contribution in [0.4, 0.5) is 0 Å². The Labute approximate surface area is 108 Å². The number of hydrogen-bond acceptors (Lipinski definition) is 3. The highest BCUT2D eigenvalue weighted by Crippen LogP contribution is 2.27. The van der Waals surface area contributed by atoms with E-state index < -0.39 is 5.97 Å². The first-order valence-electron chi connectivity index (χ1n) is 5.34. The van der Waals surface area contributed by atoms with Crippen molar-refractivity contribution in [2.75, 3.05) is 6.61 Å². The molecule has 0 saturated carbocycles. The molecule has 0 radical (unpaired) electrons. The maximum absolute atomic E-state index is 11.1. The molecule has 1 aromatic carbocycles. The predicted octanol–water partition coefficient (Wildman–Crippen LogP) is 2.83. The highest BCUT2D eigenvalue weighted by atomic mass is 35.5. The van der Waals surface area contributed by atoms with Crippen LogP contribution in [0.1, 0.15) is 17.3 Å². The van der Waals surface area contributed by atoms with E-state index in [1.165, 1.54) is 0 Å². The summed E-state index contributed by atoms with van der Waals surface area (Å²) in [5.41, 5.74) is 0.954. The van der Waals surface area contributed by atoms with Crippen molar-refractivity contribution in [3.05, 3.63) is 35.0 Å². The van der Waals surface area contributed by atoms with Gasteiger partial charge in [0.05, 0.1) is 6.61 Å². The average Bonchev–Trinajstić information content (AvgIpc) is 2.73. The van der Waals surface area contributed by atoms with Crippen molar-refractivity contribution in [1.82, 2.24) is 10.2 Å². The summed E-state index contributed by atoms with van der Waals surface area (Å²) in [6.45, 7) is 2.47. The molecule has 1 aromatic heterocycles. The minimum absolute atomic E-state index is 0.0198. The van der Waals surface area contributed by atoms with Crippen LogP contribution >= 0.6 is 11.6 Å². The van der Waals surface area contributed by atoms with Gasteiger partial charge in [-0.2, -0.15) is 5.10 Å². The molecule has 0 unspecified atom stereocenters. The topological polar surface area (TPSA) is 75.2 Å². The second-order valence-electron chi connectivity index (χ2n) is 3.52. The third kappa shape index (κ3) is 2.31. The van der Waals surface area contributed by atoms with Crippen LogP contribution < -0.4 is 4.74 Å². The van der Waals surface area contributed by atoms with Crippen molar-refractivity contribution in [3.8, 4) is 17.0 Å². The molecule has 0 spiro atoms. The van der Waals surface area contributed by atoms with E-state index in [0.717, 1.165) is 5.75 Å². The number of H-pyrrole nitrogens is 1. The Bertz CT molecular complexity index is 563. The standard InChI is InChI=1S/C12H11ClN2O3/c1-2-18-8-5-3-7(4-6-8)10-9(12(16)17)11(13)15-14-10/h3-6H,2H2,1H3,(H,14,15)(H,16,17). The van der Waals surface area contributed by atoms with Gasteiger partial charge in [-0.05, 0) is 31.2 Å². The Morgan fingerprint density at radius 3 is 2.67 bits per heavy atom. The zero-order valence-electron chi connectivity index (χ0n) is 9.61. The molecule has 6 heteroatoms. The Balaban J connectivity index is 2.40. The summed E-state index contributed by atoms with van der Waals surface area (Å²) in [6.07, 6.45) is 0. The first-order chi connectivity index (χ1) is 8.63. The largest absolute Gasteiger partial charge is 0.494 e. The van der Waals surface area contributed by atoms with Gasteiger partial charge in [-0.1, -0.05) is 11.6 Å². The molecule has 2 aromatic rings. The van der Waals surface area contributed by atoms with Crippen molar-refractivity contribution >= 4 is 17.6 Å². The van der Waals surface area contributed by atoms with Crippen LogP contribution in [-0.2, 0) is 0 Å². The summed E-state index contributed by atoms with van der Waals surface area (Å²) in [6, 6.07) is 6.99. The summed E-state index contributed by atoms with van der Waals surface area (Å²) in [4.78, 5) is 11.1. The molecule has 0 amide bonds. The van der Waals surface area contributed by atoms with Gasteiger partial charge in [0.1, 0.15) is 22.2 Å². The van der Waals surface area contributed by atoms with Crippen molar-refractivity contribution in [1.29, 1.82) is 0 Å². The maximum Gasteiger partial charge on any atom is 0.341 e. The van der Waals surface area contributed by atoms with E-state index in [9.17, 15) is 4.79 Å². The monoisotopic (exact) mass is 266 g/mol. The third-order valence-corrected chi connectivity index (χ3v) is 2.65. The molecule has 0 fully saturated rings. The number of aromatic nitrogens is 2. The van der Waals surface area contributed by atoms with Crippen LogP contribution in [0.15, 0.2) is 24.3 Å². The Kier molecular flexibility index (Phi) is 3.53. The minimum atomic E-state index is -1.11. The lowest BCUT2D eigenvalue weighted by Crippen LogP contribution is -1.98. The SMILES string of the molecule is CCOc1ccc(-c2n[nH]c(Cl)c2C(=O)O)cc1. The van der Waals surface area contributed by atoms with Gasteiger partial charge >= 0.3 is 5.97 Å². The van der Waals surface area contributed by atoms with Crippen LogP contribution in [0.3, 0.4) is 0 Å². The van der Waals surface area contributed by atoms with E-state index in [0.29, 0.717) is 17.9 Å². The number of carboxylic acids is 1. The summed E-state index contributed by atoms with van der Waals surface area (Å²) in [5, 5.41) is 15.5. The lowest BCUT2D eigenvalue weighted by atomic mass is 10.1. The number of nitrogens with one attached hydrogen (secondary N) is 1. The number of hydrogen-bond donors (Lipinski definition) is 2. The van der Waals surface area contributed by atoms with Gasteiger partial charge in [-0.15, -0.1) is 0 Å². The fourth-order valence-corrected chi connectivity index (χ4v) is 1.81. The summed E-state index contributed by atoms with van der Waals surface area (Å²) < 4.78 is 5.31. The van der Waals surface area contributed by atoms with Gasteiger partial charge in [-0.3, -0.25) is 5.10 Å². The molecule has 2 rings (SSSR count). The van der Waals surface area contributed by atoms with Gasteiger partial charge in [-0.25, -0.2) is 4.79 Å². The molecule has 0 aliphatic rings. The van der Waals surface area contributed by atoms with Gasteiger partial charge in [0.25, 0.3) is 0 Å².